The van der Waals surface area contributed by atoms with E-state index in [0.717, 1.165) is 21.9 Å². The van der Waals surface area contributed by atoms with E-state index in [1.54, 1.807) is 18.2 Å². The Balaban J connectivity index is 2.07. The molecule has 3 rings (SSSR count). The number of rotatable bonds is 12. The summed E-state index contributed by atoms with van der Waals surface area (Å²) in [6, 6.07) is 18.9. The Hall–Kier alpha value is -3.07. The molecule has 7 nitrogen and oxygen atoms in total. The average Bonchev–Trinajstić information content (AvgIpc) is 2.92. The zero-order valence-electron chi connectivity index (χ0n) is 23.1. The molecule has 0 heterocycles. The molecule has 0 radical (unpaired) electrons. The van der Waals surface area contributed by atoms with Crippen LogP contribution in [0.4, 0.5) is 5.69 Å². The molecule has 214 valence electrons. The summed E-state index contributed by atoms with van der Waals surface area (Å²) in [5.74, 6) is -0.831. The van der Waals surface area contributed by atoms with Crippen LogP contribution < -0.4 is 9.62 Å². The van der Waals surface area contributed by atoms with Crippen LogP contribution in [0.15, 0.2) is 77.7 Å². The van der Waals surface area contributed by atoms with Gasteiger partial charge in [0.25, 0.3) is 10.0 Å². The van der Waals surface area contributed by atoms with Crippen molar-refractivity contribution in [3.05, 3.63) is 94.0 Å². The molecule has 2 amide bonds. The number of carbonyl (C=O) groups excluding carboxylic acids is 2. The lowest BCUT2D eigenvalue weighted by atomic mass is 10.1. The van der Waals surface area contributed by atoms with E-state index in [2.05, 4.69) is 5.32 Å². The Kier molecular flexibility index (Phi) is 11.0. The monoisotopic (exact) mass is 603 g/mol. The summed E-state index contributed by atoms with van der Waals surface area (Å²) in [6.45, 7) is 7.21. The van der Waals surface area contributed by atoms with Crippen molar-refractivity contribution in [2.45, 2.75) is 64.1 Å². The zero-order valence-corrected chi connectivity index (χ0v) is 25.4. The number of halogens is 2. The van der Waals surface area contributed by atoms with Crippen molar-refractivity contribution in [3.8, 4) is 0 Å². The number of hydrogen-bond donors (Lipinski definition) is 1. The summed E-state index contributed by atoms with van der Waals surface area (Å²) < 4.78 is 28.7. The molecule has 10 heteroatoms. The van der Waals surface area contributed by atoms with Crippen LogP contribution in [0.25, 0.3) is 0 Å². The van der Waals surface area contributed by atoms with E-state index >= 15 is 0 Å². The molecule has 0 aromatic heterocycles. The fourth-order valence-corrected chi connectivity index (χ4v) is 6.12. The summed E-state index contributed by atoms with van der Waals surface area (Å²) in [5, 5.41) is 3.41. The normalized spacial score (nSPS) is 12.8. The first-order valence-corrected chi connectivity index (χ1v) is 15.3. The SMILES string of the molecule is CC[C@@H](C)NC(=O)[C@H](CC)N(Cc1ccc(C)cc1)C(=O)CN(c1cc(Cl)cc(Cl)c1)S(=O)(=O)c1ccccc1. The first-order valence-electron chi connectivity index (χ1n) is 13.2. The number of hydrogen-bond acceptors (Lipinski definition) is 4. The number of nitrogens with zero attached hydrogens (tertiary/aromatic N) is 2. The van der Waals surface area contributed by atoms with Crippen LogP contribution in [0.3, 0.4) is 0 Å². The first kappa shape index (κ1) is 31.5. The molecule has 0 aliphatic heterocycles. The number of carbonyl (C=O) groups is 2. The highest BCUT2D eigenvalue weighted by molar-refractivity contribution is 7.92. The van der Waals surface area contributed by atoms with E-state index in [4.69, 9.17) is 23.2 Å². The minimum absolute atomic E-state index is 0.00513. The van der Waals surface area contributed by atoms with Crippen LogP contribution in [0, 0.1) is 6.92 Å². The maximum atomic E-state index is 14.1. The van der Waals surface area contributed by atoms with Crippen molar-refractivity contribution in [1.82, 2.24) is 10.2 Å². The van der Waals surface area contributed by atoms with Gasteiger partial charge in [0.05, 0.1) is 10.6 Å². The number of amides is 2. The number of nitrogens with one attached hydrogen (secondary N) is 1. The van der Waals surface area contributed by atoms with E-state index < -0.39 is 28.5 Å². The average molecular weight is 605 g/mol. The van der Waals surface area contributed by atoms with Crippen LogP contribution >= 0.6 is 23.2 Å². The maximum Gasteiger partial charge on any atom is 0.264 e. The van der Waals surface area contributed by atoms with Crippen molar-refractivity contribution >= 4 is 50.7 Å². The van der Waals surface area contributed by atoms with Gasteiger partial charge in [0, 0.05) is 22.6 Å². The van der Waals surface area contributed by atoms with Crippen LogP contribution in [-0.2, 0) is 26.2 Å². The molecule has 0 unspecified atom stereocenters. The number of aryl methyl sites for hydroxylation is 1. The lowest BCUT2D eigenvalue weighted by molar-refractivity contribution is -0.140. The van der Waals surface area contributed by atoms with E-state index in [1.807, 2.05) is 52.0 Å². The third-order valence-electron chi connectivity index (χ3n) is 6.61. The van der Waals surface area contributed by atoms with Gasteiger partial charge < -0.3 is 10.2 Å². The second-order valence-electron chi connectivity index (χ2n) is 9.70. The summed E-state index contributed by atoms with van der Waals surface area (Å²) in [4.78, 5) is 28.9. The third kappa shape index (κ3) is 7.99. The number of sulfonamides is 1. The van der Waals surface area contributed by atoms with E-state index in [-0.39, 0.29) is 39.1 Å². The van der Waals surface area contributed by atoms with Crippen LogP contribution in [0.2, 0.25) is 10.0 Å². The summed E-state index contributed by atoms with van der Waals surface area (Å²) in [6.07, 6.45) is 1.07. The second-order valence-corrected chi connectivity index (χ2v) is 12.4. The topological polar surface area (TPSA) is 86.8 Å². The molecule has 0 spiro atoms. The fraction of sp³-hybridized carbons (Fsp3) is 0.333. The molecule has 0 bridgehead atoms. The van der Waals surface area contributed by atoms with Gasteiger partial charge in [0.1, 0.15) is 12.6 Å². The van der Waals surface area contributed by atoms with Crippen molar-refractivity contribution < 1.29 is 18.0 Å². The van der Waals surface area contributed by atoms with Crippen molar-refractivity contribution in [2.75, 3.05) is 10.8 Å². The van der Waals surface area contributed by atoms with E-state index in [0.29, 0.717) is 6.42 Å². The van der Waals surface area contributed by atoms with Gasteiger partial charge in [-0.1, -0.05) is 85.1 Å². The highest BCUT2D eigenvalue weighted by atomic mass is 35.5. The van der Waals surface area contributed by atoms with Crippen LogP contribution in [-0.4, -0.2) is 43.8 Å². The molecule has 3 aromatic rings. The van der Waals surface area contributed by atoms with E-state index in [1.165, 1.54) is 35.2 Å². The van der Waals surface area contributed by atoms with Crippen molar-refractivity contribution in [3.63, 3.8) is 0 Å². The minimum atomic E-state index is -4.20. The zero-order chi connectivity index (χ0) is 29.4. The predicted molar refractivity (Wildman–Crippen MR) is 161 cm³/mol. The molecule has 0 aliphatic carbocycles. The van der Waals surface area contributed by atoms with Gasteiger partial charge in [-0.3, -0.25) is 13.9 Å². The predicted octanol–water partition coefficient (Wildman–Crippen LogP) is 6.22. The van der Waals surface area contributed by atoms with Gasteiger partial charge in [0.2, 0.25) is 11.8 Å². The summed E-state index contributed by atoms with van der Waals surface area (Å²) in [7, 11) is -4.20. The van der Waals surface area contributed by atoms with E-state index in [9.17, 15) is 18.0 Å². The fourth-order valence-electron chi connectivity index (χ4n) is 4.18. The Morgan fingerprint density at radius 3 is 2.05 bits per heavy atom. The molecule has 0 aliphatic rings. The summed E-state index contributed by atoms with van der Waals surface area (Å²) in [5.41, 5.74) is 2.01. The molecular weight excluding hydrogens is 569 g/mol. The molecule has 0 fully saturated rings. The molecule has 0 saturated heterocycles. The van der Waals surface area contributed by atoms with Gasteiger partial charge in [-0.15, -0.1) is 0 Å². The Labute approximate surface area is 247 Å². The highest BCUT2D eigenvalue weighted by Crippen LogP contribution is 2.30. The number of anilines is 1. The van der Waals surface area contributed by atoms with Gasteiger partial charge in [-0.2, -0.15) is 0 Å². The van der Waals surface area contributed by atoms with Gasteiger partial charge in [0.15, 0.2) is 0 Å². The summed E-state index contributed by atoms with van der Waals surface area (Å²) >= 11 is 12.5. The van der Waals surface area contributed by atoms with Crippen molar-refractivity contribution in [2.24, 2.45) is 0 Å². The molecule has 1 N–H and O–H groups in total. The Morgan fingerprint density at radius 2 is 1.50 bits per heavy atom. The van der Waals surface area contributed by atoms with Crippen LogP contribution in [0.1, 0.15) is 44.7 Å². The minimum Gasteiger partial charge on any atom is -0.352 e. The molecule has 3 aromatic carbocycles. The molecule has 0 saturated carbocycles. The van der Waals surface area contributed by atoms with Crippen LogP contribution in [0.5, 0.6) is 0 Å². The second kappa shape index (κ2) is 14.0. The lowest BCUT2D eigenvalue weighted by Crippen LogP contribution is -2.53. The standard InChI is InChI=1S/C30H35Cl2N3O4S/c1-5-22(4)33-30(37)28(6-2)34(19-23-14-12-21(3)13-15-23)29(36)20-35(26-17-24(31)16-25(32)18-26)40(38,39)27-10-8-7-9-11-27/h7-18,22,28H,5-6,19-20H2,1-4H3,(H,33,37)/t22-,28+/m1/s1. The molecular formula is C30H35Cl2N3O4S. The quantitative estimate of drug-likeness (QED) is 0.266. The third-order valence-corrected chi connectivity index (χ3v) is 8.83. The van der Waals surface area contributed by atoms with Crippen molar-refractivity contribution in [1.29, 1.82) is 0 Å². The Morgan fingerprint density at radius 1 is 0.900 bits per heavy atom. The molecule has 40 heavy (non-hydrogen) atoms. The Bertz CT molecular complexity index is 1400. The smallest absolute Gasteiger partial charge is 0.264 e. The lowest BCUT2D eigenvalue weighted by Gasteiger charge is -2.33. The maximum absolute atomic E-state index is 14.1. The molecule has 2 atom stereocenters. The highest BCUT2D eigenvalue weighted by Gasteiger charge is 2.34. The van der Waals surface area contributed by atoms with Gasteiger partial charge >= 0.3 is 0 Å². The largest absolute Gasteiger partial charge is 0.352 e. The first-order chi connectivity index (χ1) is 19.0. The number of benzene rings is 3. The van der Waals surface area contributed by atoms with Gasteiger partial charge in [-0.25, -0.2) is 8.42 Å². The van der Waals surface area contributed by atoms with Gasteiger partial charge in [-0.05, 0) is 62.6 Å².